The smallest absolute Gasteiger partial charge is 0.256 e. The zero-order valence-corrected chi connectivity index (χ0v) is 20.1. The van der Waals surface area contributed by atoms with E-state index < -0.39 is 0 Å². The van der Waals surface area contributed by atoms with E-state index in [1.807, 2.05) is 29.9 Å². The van der Waals surface area contributed by atoms with E-state index in [9.17, 15) is 4.79 Å². The van der Waals surface area contributed by atoms with Crippen molar-refractivity contribution in [3.05, 3.63) is 36.2 Å². The fourth-order valence-corrected chi connectivity index (χ4v) is 4.58. The lowest BCUT2D eigenvalue weighted by molar-refractivity contribution is 0.0952. The summed E-state index contributed by atoms with van der Waals surface area (Å²) in [6, 6.07) is 6.13. The van der Waals surface area contributed by atoms with E-state index in [0.29, 0.717) is 16.9 Å². The van der Waals surface area contributed by atoms with Gasteiger partial charge in [-0.3, -0.25) is 9.69 Å². The minimum atomic E-state index is -0.140. The van der Waals surface area contributed by atoms with Gasteiger partial charge in [-0.05, 0) is 32.0 Å². The molecule has 2 fully saturated rings. The Labute approximate surface area is 203 Å². The van der Waals surface area contributed by atoms with Crippen molar-refractivity contribution in [1.82, 2.24) is 44.5 Å². The molecule has 0 atom stereocenters. The van der Waals surface area contributed by atoms with Crippen LogP contribution in [0.15, 0.2) is 30.6 Å². The SMILES string of the molecule is CNc1cc(-c2nn(CCN3CCN(C)CC3)c3ncccc23)nc2c(C(=O)NC3CC3)cnn12. The van der Waals surface area contributed by atoms with E-state index >= 15 is 0 Å². The second-order valence-electron chi connectivity index (χ2n) is 9.41. The van der Waals surface area contributed by atoms with Gasteiger partial charge in [0.05, 0.1) is 18.4 Å². The number of carbonyl (C=O) groups is 1. The van der Waals surface area contributed by atoms with Crippen molar-refractivity contribution >= 4 is 28.4 Å². The molecule has 1 saturated carbocycles. The van der Waals surface area contributed by atoms with Crippen LogP contribution in [0.3, 0.4) is 0 Å². The first-order valence-electron chi connectivity index (χ1n) is 12.2. The number of aromatic nitrogens is 6. The quantitative estimate of drug-likeness (QED) is 0.413. The van der Waals surface area contributed by atoms with Crippen LogP contribution in [-0.4, -0.2) is 97.9 Å². The molecule has 2 N–H and O–H groups in total. The molecule has 5 heterocycles. The molecular weight excluding hydrogens is 444 g/mol. The van der Waals surface area contributed by atoms with Gasteiger partial charge in [0.15, 0.2) is 11.3 Å². The Hall–Kier alpha value is -3.57. The monoisotopic (exact) mass is 474 g/mol. The van der Waals surface area contributed by atoms with Gasteiger partial charge in [-0.1, -0.05) is 0 Å². The molecule has 1 aliphatic carbocycles. The molecule has 0 radical (unpaired) electrons. The van der Waals surface area contributed by atoms with Gasteiger partial charge < -0.3 is 15.5 Å². The number of pyridine rings is 1. The summed E-state index contributed by atoms with van der Waals surface area (Å²) >= 11 is 0. The molecule has 0 unspecified atom stereocenters. The number of anilines is 1. The number of piperazine rings is 1. The highest BCUT2D eigenvalue weighted by Gasteiger charge is 2.27. The van der Waals surface area contributed by atoms with E-state index in [0.717, 1.165) is 74.7 Å². The lowest BCUT2D eigenvalue weighted by Crippen LogP contribution is -2.45. The maximum Gasteiger partial charge on any atom is 0.256 e. The molecule has 1 amide bonds. The minimum Gasteiger partial charge on any atom is -0.373 e. The van der Waals surface area contributed by atoms with Crippen molar-refractivity contribution in [1.29, 1.82) is 0 Å². The number of rotatable bonds is 7. The number of hydrogen-bond donors (Lipinski definition) is 2. The second-order valence-corrected chi connectivity index (χ2v) is 9.41. The van der Waals surface area contributed by atoms with Gasteiger partial charge >= 0.3 is 0 Å². The first-order valence-corrected chi connectivity index (χ1v) is 12.2. The maximum absolute atomic E-state index is 12.8. The van der Waals surface area contributed by atoms with Crippen LogP contribution in [-0.2, 0) is 6.54 Å². The molecule has 0 aromatic carbocycles. The Morgan fingerprint density at radius 3 is 2.74 bits per heavy atom. The van der Waals surface area contributed by atoms with E-state index in [1.165, 1.54) is 0 Å². The lowest BCUT2D eigenvalue weighted by atomic mass is 10.2. The number of nitrogens with zero attached hydrogens (tertiary/aromatic N) is 8. The summed E-state index contributed by atoms with van der Waals surface area (Å²) in [5.41, 5.74) is 3.24. The van der Waals surface area contributed by atoms with Crippen molar-refractivity contribution in [2.24, 2.45) is 0 Å². The highest BCUT2D eigenvalue weighted by molar-refractivity contribution is 6.00. The molecule has 2 aliphatic rings. The standard InChI is InChI=1S/C24H30N10O/c1-25-20-14-19(29-23-18(15-27-34(20)23)24(35)28-16-5-6-16)21-17-4-3-7-26-22(17)33(30-21)13-12-32-10-8-31(2)9-11-32/h3-4,7,14-16,25H,5-6,8-13H2,1-2H3,(H,28,35). The summed E-state index contributed by atoms with van der Waals surface area (Å²) < 4.78 is 3.64. The molecule has 1 aliphatic heterocycles. The van der Waals surface area contributed by atoms with Crippen LogP contribution in [0.1, 0.15) is 23.2 Å². The van der Waals surface area contributed by atoms with Crippen molar-refractivity contribution in [2.45, 2.75) is 25.4 Å². The highest BCUT2D eigenvalue weighted by atomic mass is 16.1. The largest absolute Gasteiger partial charge is 0.373 e. The van der Waals surface area contributed by atoms with E-state index in [4.69, 9.17) is 10.1 Å². The zero-order valence-electron chi connectivity index (χ0n) is 20.1. The van der Waals surface area contributed by atoms with Gasteiger partial charge in [-0.2, -0.15) is 14.7 Å². The van der Waals surface area contributed by atoms with Gasteiger partial charge in [0.25, 0.3) is 5.91 Å². The average Bonchev–Trinajstić information content (AvgIpc) is 3.46. The van der Waals surface area contributed by atoms with Crippen molar-refractivity contribution in [2.75, 3.05) is 52.1 Å². The van der Waals surface area contributed by atoms with Gasteiger partial charge in [-0.25, -0.2) is 14.6 Å². The van der Waals surface area contributed by atoms with Gasteiger partial charge in [0, 0.05) is 63.5 Å². The third kappa shape index (κ3) is 4.21. The van der Waals surface area contributed by atoms with E-state index in [-0.39, 0.29) is 11.9 Å². The summed E-state index contributed by atoms with van der Waals surface area (Å²) in [6.07, 6.45) is 5.43. The summed E-state index contributed by atoms with van der Waals surface area (Å²) in [4.78, 5) is 27.2. The fraction of sp³-hybridized carbons (Fsp3) is 0.458. The zero-order chi connectivity index (χ0) is 23.9. The van der Waals surface area contributed by atoms with E-state index in [1.54, 1.807) is 16.9 Å². The molecule has 0 bridgehead atoms. The third-order valence-electron chi connectivity index (χ3n) is 6.86. The van der Waals surface area contributed by atoms with Crippen molar-refractivity contribution in [3.8, 4) is 11.4 Å². The maximum atomic E-state index is 12.8. The normalized spacial score (nSPS) is 17.3. The van der Waals surface area contributed by atoms with Crippen LogP contribution < -0.4 is 10.6 Å². The molecular formula is C24H30N10O. The number of likely N-dealkylation sites (N-methyl/N-ethyl adjacent to an activating group) is 1. The number of amides is 1. The Balaban J connectivity index is 1.37. The van der Waals surface area contributed by atoms with Gasteiger partial charge in [0.1, 0.15) is 17.1 Å². The minimum absolute atomic E-state index is 0.140. The topological polar surface area (TPSA) is 109 Å². The van der Waals surface area contributed by atoms with Gasteiger partial charge in [0.2, 0.25) is 0 Å². The summed E-state index contributed by atoms with van der Waals surface area (Å²) in [7, 11) is 4.00. The van der Waals surface area contributed by atoms with Gasteiger partial charge in [-0.15, -0.1) is 0 Å². The van der Waals surface area contributed by atoms with Crippen LogP contribution in [0.5, 0.6) is 0 Å². The van der Waals surface area contributed by atoms with Crippen LogP contribution in [0.25, 0.3) is 28.1 Å². The molecule has 11 heteroatoms. The molecule has 4 aromatic heterocycles. The Bertz CT molecular complexity index is 1380. The molecule has 182 valence electrons. The number of hydrogen-bond acceptors (Lipinski definition) is 8. The number of fused-ring (bicyclic) bond motifs is 2. The fourth-order valence-electron chi connectivity index (χ4n) is 4.58. The molecule has 4 aromatic rings. The predicted octanol–water partition coefficient (Wildman–Crippen LogP) is 1.32. The Morgan fingerprint density at radius 2 is 1.97 bits per heavy atom. The molecule has 1 saturated heterocycles. The Morgan fingerprint density at radius 1 is 1.14 bits per heavy atom. The summed E-state index contributed by atoms with van der Waals surface area (Å²) in [6.45, 7) is 5.96. The van der Waals surface area contributed by atoms with E-state index in [2.05, 4.69) is 37.6 Å². The summed E-state index contributed by atoms with van der Waals surface area (Å²) in [5, 5.41) is 16.5. The predicted molar refractivity (Wildman–Crippen MR) is 133 cm³/mol. The van der Waals surface area contributed by atoms with Crippen LogP contribution in [0.4, 0.5) is 5.82 Å². The highest BCUT2D eigenvalue weighted by Crippen LogP contribution is 2.29. The third-order valence-corrected chi connectivity index (χ3v) is 6.86. The van der Waals surface area contributed by atoms with Crippen molar-refractivity contribution in [3.63, 3.8) is 0 Å². The molecule has 6 rings (SSSR count). The average molecular weight is 475 g/mol. The first kappa shape index (κ1) is 21.9. The molecule has 0 spiro atoms. The van der Waals surface area contributed by atoms with Crippen LogP contribution in [0, 0.1) is 0 Å². The van der Waals surface area contributed by atoms with Crippen LogP contribution >= 0.6 is 0 Å². The number of nitrogens with one attached hydrogen (secondary N) is 2. The summed E-state index contributed by atoms with van der Waals surface area (Å²) in [5.74, 6) is 0.595. The first-order chi connectivity index (χ1) is 17.1. The lowest BCUT2D eigenvalue weighted by Gasteiger charge is -2.32. The Kier molecular flexibility index (Phi) is 5.57. The number of carbonyl (C=O) groups excluding carboxylic acids is 1. The van der Waals surface area contributed by atoms with Crippen molar-refractivity contribution < 1.29 is 4.79 Å². The molecule has 11 nitrogen and oxygen atoms in total. The van der Waals surface area contributed by atoms with Crippen LogP contribution in [0.2, 0.25) is 0 Å². The second kappa shape index (κ2) is 8.90. The molecule has 35 heavy (non-hydrogen) atoms.